The first kappa shape index (κ1) is 20.8. The summed E-state index contributed by atoms with van der Waals surface area (Å²) in [5, 5.41) is 8.90. The zero-order chi connectivity index (χ0) is 22.2. The molecule has 3 aromatic heterocycles. The van der Waals surface area contributed by atoms with Gasteiger partial charge in [0.1, 0.15) is 11.4 Å². The first-order valence-electron chi connectivity index (χ1n) is 10.6. The van der Waals surface area contributed by atoms with Crippen LogP contribution in [0.15, 0.2) is 41.9 Å². The zero-order valence-corrected chi connectivity index (χ0v) is 19.4. The molecule has 0 spiro atoms. The molecule has 5 rings (SSSR count). The predicted molar refractivity (Wildman–Crippen MR) is 126 cm³/mol. The van der Waals surface area contributed by atoms with E-state index >= 15 is 0 Å². The molecule has 9 heteroatoms. The standard InChI is InChI=1S/C23H23N5O2S2/c1-13-19(28-10-11-31-23(28)25-13)22(30)24-12-17(15-8-9-15)27-21(29)18-20(32-14(2)26-18)16-6-4-3-5-7-16/h3-7,10-11,15,17H,8-9,12H2,1-2H3,(H,24,30)(H,27,29). The second-order valence-electron chi connectivity index (χ2n) is 8.01. The van der Waals surface area contributed by atoms with Crippen molar-refractivity contribution >= 4 is 39.4 Å². The monoisotopic (exact) mass is 465 g/mol. The lowest BCUT2D eigenvalue weighted by molar-refractivity contribution is 0.0898. The van der Waals surface area contributed by atoms with Crippen LogP contribution in [0.1, 0.15) is 44.5 Å². The highest BCUT2D eigenvalue weighted by Crippen LogP contribution is 2.34. The molecule has 1 unspecified atom stereocenters. The van der Waals surface area contributed by atoms with Crippen LogP contribution in [0.25, 0.3) is 15.4 Å². The van der Waals surface area contributed by atoms with Gasteiger partial charge in [0.2, 0.25) is 0 Å². The fourth-order valence-corrected chi connectivity index (χ4v) is 5.57. The summed E-state index contributed by atoms with van der Waals surface area (Å²) < 4.78 is 1.81. The van der Waals surface area contributed by atoms with Gasteiger partial charge >= 0.3 is 0 Å². The number of nitrogens with zero attached hydrogens (tertiary/aromatic N) is 3. The average Bonchev–Trinajstić information content (AvgIpc) is 3.28. The fraction of sp³-hybridized carbons (Fsp3) is 0.304. The van der Waals surface area contributed by atoms with Crippen LogP contribution in [-0.4, -0.2) is 38.8 Å². The highest BCUT2D eigenvalue weighted by molar-refractivity contribution is 7.15. The minimum Gasteiger partial charge on any atom is -0.349 e. The first-order chi connectivity index (χ1) is 15.5. The molecule has 164 valence electrons. The molecule has 7 nitrogen and oxygen atoms in total. The Morgan fingerprint density at radius 1 is 1.16 bits per heavy atom. The normalized spacial score (nSPS) is 14.4. The van der Waals surface area contributed by atoms with E-state index in [-0.39, 0.29) is 17.9 Å². The Morgan fingerprint density at radius 3 is 2.69 bits per heavy atom. The molecule has 32 heavy (non-hydrogen) atoms. The van der Waals surface area contributed by atoms with Gasteiger partial charge in [0.25, 0.3) is 11.8 Å². The molecule has 1 aliphatic carbocycles. The van der Waals surface area contributed by atoms with Crippen molar-refractivity contribution in [2.75, 3.05) is 6.54 Å². The number of aryl methyl sites for hydroxylation is 2. The van der Waals surface area contributed by atoms with Crippen molar-refractivity contribution in [3.05, 3.63) is 64.0 Å². The largest absolute Gasteiger partial charge is 0.349 e. The number of amides is 2. The number of carbonyl (C=O) groups excluding carboxylic acids is 2. The van der Waals surface area contributed by atoms with Gasteiger partial charge in [-0.05, 0) is 38.2 Å². The van der Waals surface area contributed by atoms with Crippen molar-refractivity contribution in [2.45, 2.75) is 32.7 Å². The molecule has 4 aromatic rings. The van der Waals surface area contributed by atoms with Crippen molar-refractivity contribution in [1.29, 1.82) is 0 Å². The number of nitrogens with one attached hydrogen (secondary N) is 2. The molecular formula is C23H23N5O2S2. The van der Waals surface area contributed by atoms with E-state index in [4.69, 9.17) is 0 Å². The topological polar surface area (TPSA) is 88.4 Å². The van der Waals surface area contributed by atoms with Gasteiger partial charge in [-0.25, -0.2) is 9.97 Å². The molecular weight excluding hydrogens is 442 g/mol. The number of fused-ring (bicyclic) bond motifs is 1. The zero-order valence-electron chi connectivity index (χ0n) is 17.8. The summed E-state index contributed by atoms with van der Waals surface area (Å²) in [6.07, 6.45) is 3.94. The molecule has 2 N–H and O–H groups in total. The van der Waals surface area contributed by atoms with Gasteiger partial charge in [-0.1, -0.05) is 30.3 Å². The highest BCUT2D eigenvalue weighted by atomic mass is 32.1. The SMILES string of the molecule is Cc1nc(C(=O)NC(CNC(=O)c2c(C)nc3sccn23)C2CC2)c(-c2ccccc2)s1. The lowest BCUT2D eigenvalue weighted by Crippen LogP contribution is -2.45. The van der Waals surface area contributed by atoms with Crippen LogP contribution in [0.5, 0.6) is 0 Å². The number of benzene rings is 1. The van der Waals surface area contributed by atoms with Crippen molar-refractivity contribution in [3.63, 3.8) is 0 Å². The predicted octanol–water partition coefficient (Wildman–Crippen LogP) is 4.07. The molecule has 3 heterocycles. The smallest absolute Gasteiger partial charge is 0.271 e. The van der Waals surface area contributed by atoms with E-state index in [1.54, 1.807) is 0 Å². The van der Waals surface area contributed by atoms with Crippen LogP contribution < -0.4 is 10.6 Å². The van der Waals surface area contributed by atoms with E-state index in [1.165, 1.54) is 22.7 Å². The summed E-state index contributed by atoms with van der Waals surface area (Å²) in [4.78, 5) is 36.7. The van der Waals surface area contributed by atoms with Crippen LogP contribution in [0.2, 0.25) is 0 Å². The third-order valence-electron chi connectivity index (χ3n) is 5.63. The fourth-order valence-electron chi connectivity index (χ4n) is 3.89. The van der Waals surface area contributed by atoms with Gasteiger partial charge in [0, 0.05) is 24.2 Å². The Balaban J connectivity index is 1.31. The highest BCUT2D eigenvalue weighted by Gasteiger charge is 2.34. The second-order valence-corrected chi connectivity index (χ2v) is 10.1. The molecule has 0 saturated heterocycles. The lowest BCUT2D eigenvalue weighted by Gasteiger charge is -2.19. The lowest BCUT2D eigenvalue weighted by atomic mass is 10.1. The van der Waals surface area contributed by atoms with Crippen LogP contribution >= 0.6 is 22.7 Å². The van der Waals surface area contributed by atoms with Gasteiger partial charge in [-0.3, -0.25) is 14.0 Å². The molecule has 0 radical (unpaired) electrons. The Labute approximate surface area is 193 Å². The van der Waals surface area contributed by atoms with E-state index in [9.17, 15) is 9.59 Å². The summed E-state index contributed by atoms with van der Waals surface area (Å²) in [5.74, 6) is -0.00486. The summed E-state index contributed by atoms with van der Waals surface area (Å²) >= 11 is 3.01. The maximum Gasteiger partial charge on any atom is 0.271 e. The van der Waals surface area contributed by atoms with E-state index in [2.05, 4.69) is 20.6 Å². The molecule has 1 saturated carbocycles. The number of carbonyl (C=O) groups is 2. The molecule has 2 amide bonds. The maximum absolute atomic E-state index is 13.2. The van der Waals surface area contributed by atoms with E-state index in [0.717, 1.165) is 33.3 Å². The number of thiazole rings is 2. The van der Waals surface area contributed by atoms with Crippen LogP contribution in [0.3, 0.4) is 0 Å². The van der Waals surface area contributed by atoms with Gasteiger partial charge < -0.3 is 10.6 Å². The number of aromatic nitrogens is 3. The van der Waals surface area contributed by atoms with Crippen molar-refractivity contribution in [1.82, 2.24) is 25.0 Å². The van der Waals surface area contributed by atoms with E-state index < -0.39 is 0 Å². The van der Waals surface area contributed by atoms with Crippen LogP contribution in [0.4, 0.5) is 0 Å². The molecule has 0 aliphatic heterocycles. The Hall–Kier alpha value is -3.04. The number of imidazole rings is 1. The Bertz CT molecular complexity index is 1290. The summed E-state index contributed by atoms with van der Waals surface area (Å²) in [7, 11) is 0. The minimum atomic E-state index is -0.194. The molecule has 0 bridgehead atoms. The maximum atomic E-state index is 13.2. The number of hydrogen-bond acceptors (Lipinski definition) is 6. The van der Waals surface area contributed by atoms with Crippen molar-refractivity contribution in [3.8, 4) is 10.4 Å². The van der Waals surface area contributed by atoms with Gasteiger partial charge in [0.05, 0.1) is 15.6 Å². The van der Waals surface area contributed by atoms with Gasteiger partial charge in [-0.2, -0.15) is 0 Å². The molecule has 1 atom stereocenters. The van der Waals surface area contributed by atoms with Crippen molar-refractivity contribution < 1.29 is 9.59 Å². The average molecular weight is 466 g/mol. The third kappa shape index (κ3) is 4.05. The molecule has 1 aliphatic rings. The quantitative estimate of drug-likeness (QED) is 0.431. The molecule has 1 aromatic carbocycles. The summed E-state index contributed by atoms with van der Waals surface area (Å²) in [6, 6.07) is 9.70. The third-order valence-corrected chi connectivity index (χ3v) is 7.40. The minimum absolute atomic E-state index is 0.136. The van der Waals surface area contributed by atoms with E-state index in [1.807, 2.05) is 60.2 Å². The van der Waals surface area contributed by atoms with Crippen molar-refractivity contribution in [2.24, 2.45) is 5.92 Å². The second kappa shape index (κ2) is 8.48. The van der Waals surface area contributed by atoms with Gasteiger partial charge in [0.15, 0.2) is 4.96 Å². The van der Waals surface area contributed by atoms with Crippen LogP contribution in [-0.2, 0) is 0 Å². The summed E-state index contributed by atoms with van der Waals surface area (Å²) in [6.45, 7) is 4.12. The van der Waals surface area contributed by atoms with Crippen LogP contribution in [0, 0.1) is 19.8 Å². The summed E-state index contributed by atoms with van der Waals surface area (Å²) in [5.41, 5.74) is 2.67. The van der Waals surface area contributed by atoms with E-state index in [0.29, 0.717) is 29.5 Å². The first-order valence-corrected chi connectivity index (χ1v) is 12.2. The Morgan fingerprint density at radius 2 is 1.94 bits per heavy atom. The number of rotatable bonds is 7. The Kier molecular flexibility index (Phi) is 5.52. The number of hydrogen-bond donors (Lipinski definition) is 2. The molecule has 1 fully saturated rings. The van der Waals surface area contributed by atoms with Gasteiger partial charge in [-0.15, -0.1) is 22.7 Å².